The van der Waals surface area contributed by atoms with E-state index in [-0.39, 0.29) is 175 Å². The van der Waals surface area contributed by atoms with Crippen LogP contribution in [-0.2, 0) is 56.3 Å². The number of anilines is 3. The second kappa shape index (κ2) is 74.5. The van der Waals surface area contributed by atoms with Gasteiger partial charge in [-0.05, 0) is 250 Å². The maximum absolute atomic E-state index is 11.0. The number of nitrogens with zero attached hydrogens (tertiary/aromatic N) is 15. The molecule has 5 aliphatic rings. The van der Waals surface area contributed by atoms with Gasteiger partial charge in [-0.1, -0.05) is 73.1 Å². The minimum absolute atomic E-state index is 0. The summed E-state index contributed by atoms with van der Waals surface area (Å²) in [5, 5.41) is 31.0. The van der Waals surface area contributed by atoms with E-state index in [0.717, 1.165) is 59.7 Å². The van der Waals surface area contributed by atoms with Crippen LogP contribution in [0.25, 0.3) is 22.3 Å². The topological polar surface area (TPSA) is 398 Å². The van der Waals surface area contributed by atoms with Gasteiger partial charge in [-0.15, -0.1) is 16.8 Å². The van der Waals surface area contributed by atoms with Crippen LogP contribution < -0.4 is 91.3 Å². The zero-order valence-electron chi connectivity index (χ0n) is 89.2. The molecule has 9 aromatic rings. The smallest absolute Gasteiger partial charge is 1.00 e. The number of carbonyl (C=O) groups excluding carboxylic acids is 1. The van der Waals surface area contributed by atoms with Crippen LogP contribution in [0.3, 0.4) is 0 Å². The summed E-state index contributed by atoms with van der Waals surface area (Å²) in [5.74, 6) is 1.66. The van der Waals surface area contributed by atoms with Crippen molar-refractivity contribution in [2.75, 3.05) is 98.8 Å². The van der Waals surface area contributed by atoms with E-state index < -0.39 is 7.32 Å². The molecule has 49 heteroatoms. The van der Waals surface area contributed by atoms with Crippen molar-refractivity contribution in [1.82, 2.24) is 64.4 Å². The maximum atomic E-state index is 11.0. The molecular weight excluding hydrogens is 2160 g/mol. The first-order valence-electron chi connectivity index (χ1n) is 45.3. The normalized spacial score (nSPS) is 15.4. The van der Waals surface area contributed by atoms with Crippen LogP contribution in [-0.4, -0.2) is 245 Å². The van der Waals surface area contributed by atoms with Crippen LogP contribution in [0, 0.1) is 6.42 Å². The van der Waals surface area contributed by atoms with Gasteiger partial charge in [0.05, 0.1) is 118 Å². The van der Waals surface area contributed by atoms with Crippen molar-refractivity contribution in [2.24, 2.45) is 14.3 Å². The molecule has 1 radical (unpaired) electrons. The zero-order valence-corrected chi connectivity index (χ0v) is 99.3. The van der Waals surface area contributed by atoms with Gasteiger partial charge in [0.25, 0.3) is 5.91 Å². The molecule has 7 N–H and O–H groups in total. The average Bonchev–Trinajstić information content (AvgIpc) is 1.62. The van der Waals surface area contributed by atoms with Crippen molar-refractivity contribution in [1.29, 1.82) is 0 Å². The van der Waals surface area contributed by atoms with Crippen LogP contribution in [0.5, 0.6) is 17.2 Å². The molecule has 5 aliphatic heterocycles. The number of amides is 1. The van der Waals surface area contributed by atoms with Gasteiger partial charge in [-0.25, -0.2) is 23.4 Å². The molecule has 3 saturated heterocycles. The molecule has 0 aliphatic carbocycles. The van der Waals surface area contributed by atoms with Crippen molar-refractivity contribution in [2.45, 2.75) is 245 Å². The number of ether oxygens (including phenoxy) is 8. The van der Waals surface area contributed by atoms with E-state index in [1.807, 2.05) is 277 Å². The third kappa shape index (κ3) is 48.8. The van der Waals surface area contributed by atoms with Crippen LogP contribution in [0.1, 0.15) is 222 Å². The molecular formula is C96H150B4Br3Cl4LiMgN19O16S. The van der Waals surface area contributed by atoms with E-state index >= 15 is 0 Å². The maximum Gasteiger partial charge on any atom is 2.00 e. The molecule has 5 atom stereocenters. The number of nitrogens with one attached hydrogen (secondary N) is 1. The Bertz CT molecular complexity index is 4980. The second-order valence-electron chi connectivity index (χ2n) is 33.1. The minimum Gasteiger partial charge on any atom is -1.00 e. The van der Waals surface area contributed by atoms with Crippen LogP contribution in [0.4, 0.5) is 17.1 Å². The van der Waals surface area contributed by atoms with Gasteiger partial charge >= 0.3 is 88.2 Å². The SMILES string of the molecule is BrC1=CCN=C1.C.C1=CCN=C1.C=CC.CCOC(C)n1cc(-c2cccc(N)c2OC)cn1.CCOC(C)n1cc(-c2cccc(N)c2OC)cn1.CCOC(C)n1cc(B2OC(C)(C)C(C)(C)O2)cn1.CCOC(C)n1cc(B2OC(C)(C)C(C)(C)O2)cn1.CCOC(C)n1cc(Br)cn1.CNC(=O)c1nnc(Cl)cc1Cl.COB1OC(C)(C)C(C)(C)O1.COc1c(N)cccc1Br.C[CH-]C.[B]=NS.[Cl-].[Cl-].[Li+].[Mg+2]. The molecule has 0 bridgehead atoms. The summed E-state index contributed by atoms with van der Waals surface area (Å²) in [6, 6.07) is 18.3. The number of allylic oxidation sites excluding steroid dienone is 3. The van der Waals surface area contributed by atoms with Gasteiger partial charge in [0, 0.05) is 141 Å². The van der Waals surface area contributed by atoms with E-state index in [1.165, 1.54) is 13.1 Å². The van der Waals surface area contributed by atoms with Gasteiger partial charge in [-0.3, -0.25) is 14.8 Å². The van der Waals surface area contributed by atoms with Gasteiger partial charge in [0.15, 0.2) is 16.6 Å². The van der Waals surface area contributed by atoms with Crippen molar-refractivity contribution in [3.8, 4) is 39.5 Å². The summed E-state index contributed by atoms with van der Waals surface area (Å²) < 4.78 is 97.4. The van der Waals surface area contributed by atoms with Crippen molar-refractivity contribution < 1.29 is 119 Å². The number of rotatable bonds is 24. The van der Waals surface area contributed by atoms with E-state index in [2.05, 4.69) is 130 Å². The predicted octanol–water partition coefficient (Wildman–Crippen LogP) is 11.3. The first-order valence-corrected chi connectivity index (χ1v) is 48.8. The first-order chi connectivity index (χ1) is 66.0. The predicted molar refractivity (Wildman–Crippen MR) is 592 cm³/mol. The van der Waals surface area contributed by atoms with E-state index in [1.54, 1.807) is 107 Å². The van der Waals surface area contributed by atoms with Crippen LogP contribution >= 0.6 is 83.8 Å². The number of hydrogen-bond acceptors (Lipinski definition) is 30. The third-order valence-electron chi connectivity index (χ3n) is 21.0. The summed E-state index contributed by atoms with van der Waals surface area (Å²) in [6.45, 7) is 58.2. The number of nitrogens with two attached hydrogens (primary N) is 3. The number of aromatic nitrogens is 12. The Morgan fingerprint density at radius 1 is 0.566 bits per heavy atom. The monoisotopic (exact) mass is 2310 g/mol. The van der Waals surface area contributed by atoms with Crippen LogP contribution in [0.2, 0.25) is 10.2 Å². The number of hydrogen-bond donors (Lipinski definition) is 5. The summed E-state index contributed by atoms with van der Waals surface area (Å²) in [5.41, 5.74) is 23.1. The molecule has 3 aromatic carbocycles. The Balaban J connectivity index is -0.000000765. The molecule has 11 heterocycles. The fourth-order valence-corrected chi connectivity index (χ4v) is 13.2. The van der Waals surface area contributed by atoms with Crippen molar-refractivity contribution in [3.63, 3.8) is 0 Å². The van der Waals surface area contributed by atoms with E-state index in [9.17, 15) is 4.79 Å². The van der Waals surface area contributed by atoms with E-state index in [4.69, 9.17) is 111 Å². The van der Waals surface area contributed by atoms with Crippen molar-refractivity contribution in [3.05, 3.63) is 189 Å². The van der Waals surface area contributed by atoms with Gasteiger partial charge in [0.1, 0.15) is 42.6 Å². The average molecular weight is 2310 g/mol. The summed E-state index contributed by atoms with van der Waals surface area (Å²) in [7, 11) is 11.0. The molecule has 795 valence electrons. The number of benzene rings is 3. The summed E-state index contributed by atoms with van der Waals surface area (Å²) >= 11 is 24.2. The Morgan fingerprint density at radius 2 is 0.897 bits per heavy atom. The minimum atomic E-state index is -0.514. The number of methoxy groups -OCH3 is 3. The molecule has 14 rings (SSSR count). The number of para-hydroxylation sites is 3. The fourth-order valence-electron chi connectivity index (χ4n) is 11.7. The number of halogens is 7. The summed E-state index contributed by atoms with van der Waals surface area (Å²) in [6.07, 6.45) is 31.5. The Labute approximate surface area is 944 Å². The fraction of sp³-hybridized carbons (Fsp3) is 0.510. The third-order valence-corrected chi connectivity index (χ3v) is 23.1. The molecule has 1 amide bonds. The largest absolute Gasteiger partial charge is 2.00 e. The first kappa shape index (κ1) is 145. The van der Waals surface area contributed by atoms with Crippen LogP contribution in [0.15, 0.2) is 181 Å². The molecule has 145 heavy (non-hydrogen) atoms. The Morgan fingerprint density at radius 3 is 1.15 bits per heavy atom. The summed E-state index contributed by atoms with van der Waals surface area (Å²) in [4.78, 5) is 18.8. The standard InChI is InChI=1S/2C14H19N3O2.2C13H23BN2O3.C7H15BO3.C7H11BrN2O.C7H8BrNO.C6H5Cl2N3O.C4H4BrN.C4H5N.C3H7.C3H6.CH4.BHNS.2ClH.Li.Mg/c2*1-4-19-10(2)17-9-11(8-16-17)12-6-5-7-13(15)14(12)18-3;2*1-7-17-10(2)16-9-11(8-15-16)14-18-12(3,4)13(5,6)19-14;1-6(2)7(3,4)11-8(9-5)10-6;1-3-11-6(2)10-5-7(8)4-9-10;1-10-7-5(8)3-2-4-6(7)9;1-9-6(12)5-3(7)2-4(8)10-11-5;5-4-1-2-6-3-4;1-2-4-5-3-1;2*1-3-2;;1-2-3;;;;/h2*5-10H,4,15H2,1-3H3;2*8-10H,7H2,1-6H3;1-5H3;4-6H,3H2,1-2H3;2-4H,9H2,1H3;2H,1H3,(H,9,12);1,3H,2H2;1-3H,4H2;3H,1-2H3;3H,1H2,2H3;1H4;3H;2*1H;;/q;;;;;;;;;;-1;;;;;;+1;+2/p-2. The van der Waals surface area contributed by atoms with Gasteiger partial charge in [-0.2, -0.15) is 39.3 Å². The Hall–Kier alpha value is -6.49. The second-order valence-corrected chi connectivity index (χ2v) is 36.8. The van der Waals surface area contributed by atoms with E-state index in [0.29, 0.717) is 67.3 Å². The van der Waals surface area contributed by atoms with Gasteiger partial charge < -0.3 is 124 Å². The molecule has 6 aromatic heterocycles. The molecule has 0 saturated carbocycles. The molecule has 5 unspecified atom stereocenters. The Kier molecular flexibility index (Phi) is 74.3. The number of aliphatic imine (C=N–C) groups is 2. The van der Waals surface area contributed by atoms with Crippen molar-refractivity contribution >= 4 is 182 Å². The number of thiol groups is 1. The molecule has 0 spiro atoms. The number of nitrogen functional groups attached to an aromatic ring is 3. The zero-order chi connectivity index (χ0) is 106. The number of carbonyl (C=O) groups is 1. The molecule has 3 fully saturated rings. The quantitative estimate of drug-likeness (QED) is 0.0123. The molecule has 35 nitrogen and oxygen atoms in total. The van der Waals surface area contributed by atoms with Gasteiger partial charge in [0.2, 0.25) is 0 Å².